The summed E-state index contributed by atoms with van der Waals surface area (Å²) in [5.41, 5.74) is 2.64. The first-order valence-electron chi connectivity index (χ1n) is 6.23. The average molecular weight is 293 g/mol. The molecule has 1 atom stereocenters. The molecule has 0 amide bonds. The van der Waals surface area contributed by atoms with Crippen molar-refractivity contribution < 1.29 is 13.5 Å². The number of anilines is 1. The number of aryl methyl sites for hydroxylation is 2. The van der Waals surface area contributed by atoms with Gasteiger partial charge < -0.3 is 9.61 Å². The Labute approximate surface area is 118 Å². The first kappa shape index (κ1) is 14.6. The third-order valence-corrected chi connectivity index (χ3v) is 3.87. The Balaban J connectivity index is 2.14. The molecule has 0 aliphatic rings. The van der Waals surface area contributed by atoms with Crippen LogP contribution in [0.5, 0.6) is 5.75 Å². The fraction of sp³-hybridized carbons (Fsp3) is 0.200. The average Bonchev–Trinajstić information content (AvgIpc) is 2.29. The molecule has 0 saturated heterocycles. The fourth-order valence-electron chi connectivity index (χ4n) is 1.97. The highest BCUT2D eigenvalue weighted by Gasteiger charge is 2.17. The lowest BCUT2D eigenvalue weighted by molar-refractivity contribution is 0.493. The van der Waals surface area contributed by atoms with E-state index in [-0.39, 0.29) is 5.82 Å². The van der Waals surface area contributed by atoms with Gasteiger partial charge in [0, 0.05) is 12.4 Å². The van der Waals surface area contributed by atoms with Gasteiger partial charge in [-0.15, -0.1) is 0 Å². The number of halogens is 1. The summed E-state index contributed by atoms with van der Waals surface area (Å²) in [6, 6.07) is 11.3. The van der Waals surface area contributed by atoms with E-state index in [1.807, 2.05) is 32.0 Å². The van der Waals surface area contributed by atoms with Crippen LogP contribution in [-0.2, 0) is 4.57 Å². The molecule has 3 nitrogen and oxygen atoms in total. The van der Waals surface area contributed by atoms with Gasteiger partial charge in [-0.1, -0.05) is 6.07 Å². The lowest BCUT2D eigenvalue weighted by atomic mass is 10.1. The van der Waals surface area contributed by atoms with Crippen LogP contribution in [0, 0.1) is 19.7 Å². The van der Waals surface area contributed by atoms with Crippen molar-refractivity contribution in [3.05, 3.63) is 59.4 Å². The van der Waals surface area contributed by atoms with Crippen molar-refractivity contribution >= 4 is 13.2 Å². The monoisotopic (exact) mass is 293 g/mol. The van der Waals surface area contributed by atoms with Crippen molar-refractivity contribution in [3.63, 3.8) is 0 Å². The summed E-state index contributed by atoms with van der Waals surface area (Å²) in [6.07, 6.45) is 0. The summed E-state index contributed by atoms with van der Waals surface area (Å²) in [7, 11) is -3.06. The van der Waals surface area contributed by atoms with E-state index < -0.39 is 7.52 Å². The maximum Gasteiger partial charge on any atom is 0.338 e. The van der Waals surface area contributed by atoms with Gasteiger partial charge in [-0.3, -0.25) is 4.57 Å². The highest BCUT2D eigenvalue weighted by atomic mass is 31.2. The van der Waals surface area contributed by atoms with Gasteiger partial charge in [-0.05, 0) is 61.4 Å². The van der Waals surface area contributed by atoms with Crippen LogP contribution >= 0.6 is 7.52 Å². The molecule has 0 aliphatic heterocycles. The number of rotatable bonds is 4. The van der Waals surface area contributed by atoms with Crippen LogP contribution in [0.3, 0.4) is 0 Å². The Hall–Kier alpha value is -1.80. The van der Waals surface area contributed by atoms with E-state index in [1.54, 1.807) is 0 Å². The summed E-state index contributed by atoms with van der Waals surface area (Å²) in [5.74, 6) is 0.222. The quantitative estimate of drug-likeness (QED) is 0.826. The normalized spacial score (nSPS) is 13.6. The van der Waals surface area contributed by atoms with Crippen LogP contribution in [-0.4, -0.2) is 6.66 Å². The van der Waals surface area contributed by atoms with E-state index in [4.69, 9.17) is 4.52 Å². The first-order valence-corrected chi connectivity index (χ1v) is 8.30. The Morgan fingerprint density at radius 1 is 1.05 bits per heavy atom. The van der Waals surface area contributed by atoms with Crippen molar-refractivity contribution in [2.24, 2.45) is 0 Å². The standard InChI is InChI=1S/C15H17FNO2P/c1-11-8-12(2)10-15(9-11)19-20(3,18)17-14-6-4-13(16)5-7-14/h4-10H,1-3H3,(H,17,18). The fourth-order valence-corrected chi connectivity index (χ4v) is 3.14. The number of hydrogen-bond donors (Lipinski definition) is 1. The van der Waals surface area contributed by atoms with Crippen LogP contribution in [0.4, 0.5) is 10.1 Å². The lowest BCUT2D eigenvalue weighted by Gasteiger charge is -2.18. The third kappa shape index (κ3) is 4.10. The zero-order chi connectivity index (χ0) is 14.8. The van der Waals surface area contributed by atoms with Crippen molar-refractivity contribution in [1.29, 1.82) is 0 Å². The van der Waals surface area contributed by atoms with E-state index >= 15 is 0 Å². The predicted molar refractivity (Wildman–Crippen MR) is 80.1 cm³/mol. The molecule has 2 aromatic carbocycles. The Morgan fingerprint density at radius 3 is 2.15 bits per heavy atom. The molecule has 106 valence electrons. The molecule has 0 saturated carbocycles. The maximum absolute atomic E-state index is 12.8. The predicted octanol–water partition coefficient (Wildman–Crippen LogP) is 4.76. The number of benzene rings is 2. The minimum Gasteiger partial charge on any atom is -0.429 e. The van der Waals surface area contributed by atoms with E-state index in [0.29, 0.717) is 11.4 Å². The maximum atomic E-state index is 12.8. The molecular formula is C15H17FNO2P. The first-order chi connectivity index (χ1) is 9.34. The second-order valence-corrected chi connectivity index (χ2v) is 6.98. The SMILES string of the molecule is Cc1cc(C)cc(OP(C)(=O)Nc2ccc(F)cc2)c1. The van der Waals surface area contributed by atoms with Crippen LogP contribution in [0.2, 0.25) is 0 Å². The van der Waals surface area contributed by atoms with Gasteiger partial charge in [0.25, 0.3) is 0 Å². The zero-order valence-corrected chi connectivity index (χ0v) is 12.6. The van der Waals surface area contributed by atoms with E-state index in [9.17, 15) is 8.96 Å². The van der Waals surface area contributed by atoms with Crippen LogP contribution < -0.4 is 9.61 Å². The molecule has 2 aromatic rings. The van der Waals surface area contributed by atoms with Crippen molar-refractivity contribution in [3.8, 4) is 5.75 Å². The molecule has 0 aliphatic carbocycles. The number of nitrogens with one attached hydrogen (secondary N) is 1. The molecule has 1 N–H and O–H groups in total. The minimum absolute atomic E-state index is 0.336. The largest absolute Gasteiger partial charge is 0.429 e. The Morgan fingerprint density at radius 2 is 1.60 bits per heavy atom. The molecule has 0 heterocycles. The Bertz CT molecular complexity index is 635. The lowest BCUT2D eigenvalue weighted by Crippen LogP contribution is -2.02. The summed E-state index contributed by atoms with van der Waals surface area (Å²) >= 11 is 0. The van der Waals surface area contributed by atoms with Gasteiger partial charge in [0.05, 0.1) is 0 Å². The van der Waals surface area contributed by atoms with Gasteiger partial charge in [0.15, 0.2) is 0 Å². The zero-order valence-electron chi connectivity index (χ0n) is 11.7. The van der Waals surface area contributed by atoms with Gasteiger partial charge in [-0.25, -0.2) is 4.39 Å². The number of hydrogen-bond acceptors (Lipinski definition) is 2. The summed E-state index contributed by atoms with van der Waals surface area (Å²) in [5, 5.41) is 2.80. The molecule has 1 unspecified atom stereocenters. The molecule has 5 heteroatoms. The van der Waals surface area contributed by atoms with E-state index in [1.165, 1.54) is 30.9 Å². The highest BCUT2D eigenvalue weighted by molar-refractivity contribution is 7.60. The highest BCUT2D eigenvalue weighted by Crippen LogP contribution is 2.43. The van der Waals surface area contributed by atoms with Gasteiger partial charge >= 0.3 is 7.52 Å². The molecule has 0 spiro atoms. The molecule has 0 aromatic heterocycles. The van der Waals surface area contributed by atoms with Crippen LogP contribution in [0.1, 0.15) is 11.1 Å². The second kappa shape index (κ2) is 5.68. The summed E-state index contributed by atoms with van der Waals surface area (Å²) in [4.78, 5) is 0. The van der Waals surface area contributed by atoms with E-state index in [0.717, 1.165) is 11.1 Å². The van der Waals surface area contributed by atoms with Gasteiger partial charge in [0.2, 0.25) is 0 Å². The molecule has 0 radical (unpaired) electrons. The molecule has 0 bridgehead atoms. The summed E-state index contributed by atoms with van der Waals surface area (Å²) in [6.45, 7) is 5.40. The second-order valence-electron chi connectivity index (χ2n) is 4.88. The molecule has 20 heavy (non-hydrogen) atoms. The van der Waals surface area contributed by atoms with E-state index in [2.05, 4.69) is 5.09 Å². The Kier molecular flexibility index (Phi) is 4.15. The molecular weight excluding hydrogens is 276 g/mol. The molecule has 2 rings (SSSR count). The topological polar surface area (TPSA) is 38.3 Å². The smallest absolute Gasteiger partial charge is 0.338 e. The van der Waals surface area contributed by atoms with Gasteiger partial charge in [-0.2, -0.15) is 0 Å². The minimum atomic E-state index is -3.06. The van der Waals surface area contributed by atoms with Gasteiger partial charge in [0.1, 0.15) is 11.6 Å². The van der Waals surface area contributed by atoms with Crippen LogP contribution in [0.15, 0.2) is 42.5 Å². The summed E-state index contributed by atoms with van der Waals surface area (Å²) < 4.78 is 30.8. The third-order valence-electron chi connectivity index (χ3n) is 2.65. The van der Waals surface area contributed by atoms with Crippen LogP contribution in [0.25, 0.3) is 0 Å². The molecule has 0 fully saturated rings. The van der Waals surface area contributed by atoms with Crippen molar-refractivity contribution in [2.75, 3.05) is 11.8 Å². The van der Waals surface area contributed by atoms with Crippen molar-refractivity contribution in [2.45, 2.75) is 13.8 Å². The van der Waals surface area contributed by atoms with Crippen molar-refractivity contribution in [1.82, 2.24) is 0 Å².